The second kappa shape index (κ2) is 6.12. The molecule has 6 nitrogen and oxygen atoms in total. The number of fused-ring (bicyclic) bond motifs is 6. The maximum atomic E-state index is 14.0. The van der Waals surface area contributed by atoms with Crippen LogP contribution in [-0.4, -0.2) is 28.4 Å². The number of hydrogen-bond acceptors (Lipinski definition) is 5. The Morgan fingerprint density at radius 1 is 1.03 bits per heavy atom. The Hall–Kier alpha value is -3.26. The highest BCUT2D eigenvalue weighted by molar-refractivity contribution is 6.27. The number of carbonyl (C=O) groups is 1. The van der Waals surface area contributed by atoms with Gasteiger partial charge in [-0.1, -0.05) is 6.92 Å². The van der Waals surface area contributed by atoms with Crippen LogP contribution in [0.5, 0.6) is 11.5 Å². The highest BCUT2D eigenvalue weighted by Gasteiger charge is 2.36. The van der Waals surface area contributed by atoms with Gasteiger partial charge in [-0.25, -0.2) is 8.78 Å². The van der Waals surface area contributed by atoms with E-state index < -0.39 is 29.1 Å². The number of hydrogen-bond donors (Lipinski definition) is 1. The van der Waals surface area contributed by atoms with Crippen molar-refractivity contribution in [3.8, 4) is 22.8 Å². The lowest BCUT2D eigenvalue weighted by molar-refractivity contribution is 0.104. The molecular weight excluding hydrogens is 384 g/mol. The Labute approximate surface area is 162 Å². The number of pyridine rings is 1. The van der Waals surface area contributed by atoms with Crippen molar-refractivity contribution in [3.63, 3.8) is 0 Å². The van der Waals surface area contributed by atoms with Crippen molar-refractivity contribution >= 4 is 16.6 Å². The van der Waals surface area contributed by atoms with Crippen LogP contribution in [0.2, 0.25) is 0 Å². The van der Waals surface area contributed by atoms with E-state index in [1.54, 1.807) is 13.0 Å². The highest BCUT2D eigenvalue weighted by atomic mass is 19.2. The molecule has 8 heteroatoms. The zero-order valence-electron chi connectivity index (χ0n) is 15.3. The molecule has 1 N–H and O–H groups in total. The molecule has 0 radical (unpaired) electrons. The molecule has 5 rings (SSSR count). The first-order chi connectivity index (χ1) is 13.9. The van der Waals surface area contributed by atoms with Gasteiger partial charge in [-0.05, 0) is 30.7 Å². The summed E-state index contributed by atoms with van der Waals surface area (Å²) in [6, 6.07) is 4.79. The maximum Gasteiger partial charge on any atom is 0.259 e. The maximum absolute atomic E-state index is 14.0. The van der Waals surface area contributed by atoms with Crippen molar-refractivity contribution in [3.05, 3.63) is 57.4 Å². The Balaban J connectivity index is 1.91. The van der Waals surface area contributed by atoms with Gasteiger partial charge in [-0.2, -0.15) is 0 Å². The lowest BCUT2D eigenvalue weighted by Gasteiger charge is -2.17. The van der Waals surface area contributed by atoms with Crippen molar-refractivity contribution in [1.82, 2.24) is 4.57 Å². The first-order valence-electron chi connectivity index (χ1n) is 9.13. The minimum Gasteiger partial charge on any atom is -0.454 e. The van der Waals surface area contributed by atoms with Crippen LogP contribution in [0.3, 0.4) is 0 Å². The first-order valence-corrected chi connectivity index (χ1v) is 9.13. The van der Waals surface area contributed by atoms with Gasteiger partial charge in [-0.15, -0.1) is 0 Å². The molecule has 2 heterocycles. The SMILES string of the molecule is CC[C@@H](O)Cn1c2c(c3cc(F)c(F)cc3c1=O)C(=O)c1cc3c(cc1-2)OCO3. The van der Waals surface area contributed by atoms with Crippen LogP contribution >= 0.6 is 0 Å². The average Bonchev–Trinajstić information content (AvgIpc) is 3.27. The minimum atomic E-state index is -1.18. The summed E-state index contributed by atoms with van der Waals surface area (Å²) in [5, 5.41) is 10.1. The van der Waals surface area contributed by atoms with Gasteiger partial charge in [0.2, 0.25) is 6.79 Å². The average molecular weight is 399 g/mol. The number of ether oxygens (including phenoxy) is 2. The highest BCUT2D eigenvalue weighted by Crippen LogP contribution is 2.45. The van der Waals surface area contributed by atoms with Gasteiger partial charge in [-0.3, -0.25) is 9.59 Å². The van der Waals surface area contributed by atoms with Crippen molar-refractivity contribution in [2.45, 2.75) is 26.0 Å². The van der Waals surface area contributed by atoms with E-state index in [1.165, 1.54) is 10.6 Å². The Bertz CT molecular complexity index is 1280. The fourth-order valence-electron chi connectivity index (χ4n) is 3.92. The molecule has 0 saturated carbocycles. The van der Waals surface area contributed by atoms with E-state index in [9.17, 15) is 23.5 Å². The molecule has 1 atom stereocenters. The number of aromatic nitrogens is 1. The van der Waals surface area contributed by atoms with E-state index in [-0.39, 0.29) is 40.9 Å². The molecular formula is C21H15F2NO5. The normalized spacial score (nSPS) is 15.0. The van der Waals surface area contributed by atoms with E-state index in [2.05, 4.69) is 0 Å². The van der Waals surface area contributed by atoms with Gasteiger partial charge in [0.05, 0.1) is 29.3 Å². The summed E-state index contributed by atoms with van der Waals surface area (Å²) in [6.45, 7) is 1.68. The summed E-state index contributed by atoms with van der Waals surface area (Å²) in [4.78, 5) is 26.4. The smallest absolute Gasteiger partial charge is 0.259 e. The summed E-state index contributed by atoms with van der Waals surface area (Å²) < 4.78 is 39.8. The third-order valence-corrected chi connectivity index (χ3v) is 5.42. The zero-order valence-corrected chi connectivity index (χ0v) is 15.3. The predicted octanol–water partition coefficient (Wildman–Crippen LogP) is 2.99. The molecule has 29 heavy (non-hydrogen) atoms. The van der Waals surface area contributed by atoms with Crippen molar-refractivity contribution in [1.29, 1.82) is 0 Å². The number of aliphatic hydroxyl groups is 1. The van der Waals surface area contributed by atoms with Gasteiger partial charge in [0, 0.05) is 16.5 Å². The zero-order chi connectivity index (χ0) is 20.4. The van der Waals surface area contributed by atoms with Crippen LogP contribution in [-0.2, 0) is 6.54 Å². The molecule has 0 saturated heterocycles. The molecule has 2 aliphatic rings. The van der Waals surface area contributed by atoms with Crippen molar-refractivity contribution in [2.75, 3.05) is 6.79 Å². The van der Waals surface area contributed by atoms with Gasteiger partial charge >= 0.3 is 0 Å². The lowest BCUT2D eigenvalue weighted by atomic mass is 10.0. The van der Waals surface area contributed by atoms with Crippen LogP contribution in [0.15, 0.2) is 29.1 Å². The van der Waals surface area contributed by atoms with Gasteiger partial charge < -0.3 is 19.1 Å². The van der Waals surface area contributed by atoms with E-state index >= 15 is 0 Å². The topological polar surface area (TPSA) is 77.8 Å². The molecule has 3 aromatic rings. The summed E-state index contributed by atoms with van der Waals surface area (Å²) >= 11 is 0. The lowest BCUT2D eigenvalue weighted by Crippen LogP contribution is -2.28. The van der Waals surface area contributed by atoms with Crippen LogP contribution in [0.25, 0.3) is 22.0 Å². The molecule has 0 unspecified atom stereocenters. The second-order valence-corrected chi connectivity index (χ2v) is 7.09. The van der Waals surface area contributed by atoms with E-state index in [0.717, 1.165) is 12.1 Å². The fourth-order valence-corrected chi connectivity index (χ4v) is 3.92. The third-order valence-electron chi connectivity index (χ3n) is 5.42. The standard InChI is InChI=1S/C21H15F2NO5/c1-2-9(25)7-24-19-11-5-16-17(29-8-28-16)6-12(11)20(26)18(19)10-3-14(22)15(23)4-13(10)21(24)27/h3-6,9,25H,2,7-8H2,1H3/t9-/m1/s1. The summed E-state index contributed by atoms with van der Waals surface area (Å²) in [7, 11) is 0. The van der Waals surface area contributed by atoms with Crippen molar-refractivity contribution in [2.24, 2.45) is 0 Å². The number of nitrogens with zero attached hydrogens (tertiary/aromatic N) is 1. The van der Waals surface area contributed by atoms with E-state index in [0.29, 0.717) is 23.5 Å². The molecule has 1 aliphatic carbocycles. The number of aliphatic hydroxyl groups excluding tert-OH is 1. The molecule has 0 bridgehead atoms. The quantitative estimate of drug-likeness (QED) is 0.573. The van der Waals surface area contributed by atoms with Crippen LogP contribution in [0.1, 0.15) is 29.3 Å². The summed E-state index contributed by atoms with van der Waals surface area (Å²) in [5.41, 5.74) is 0.463. The minimum absolute atomic E-state index is 0.0167. The molecule has 0 spiro atoms. The Kier molecular flexibility index (Phi) is 3.76. The number of halogens is 2. The number of rotatable bonds is 3. The first kappa shape index (κ1) is 17.8. The van der Waals surface area contributed by atoms with Crippen LogP contribution in [0.4, 0.5) is 8.78 Å². The summed E-state index contributed by atoms with van der Waals surface area (Å²) in [6.07, 6.45) is -0.480. The van der Waals surface area contributed by atoms with Gasteiger partial charge in [0.25, 0.3) is 5.56 Å². The summed E-state index contributed by atoms with van der Waals surface area (Å²) in [5.74, 6) is -1.94. The Morgan fingerprint density at radius 3 is 2.31 bits per heavy atom. The molecule has 148 valence electrons. The number of benzene rings is 2. The molecule has 1 aromatic heterocycles. The second-order valence-electron chi connectivity index (χ2n) is 7.09. The largest absolute Gasteiger partial charge is 0.454 e. The molecule has 0 fully saturated rings. The van der Waals surface area contributed by atoms with Crippen LogP contribution in [0, 0.1) is 11.6 Å². The van der Waals surface area contributed by atoms with Gasteiger partial charge in [0.1, 0.15) is 0 Å². The van der Waals surface area contributed by atoms with Crippen molar-refractivity contribution < 1.29 is 28.2 Å². The monoisotopic (exact) mass is 399 g/mol. The molecule has 1 aliphatic heterocycles. The van der Waals surface area contributed by atoms with E-state index in [1.807, 2.05) is 0 Å². The Morgan fingerprint density at radius 2 is 1.66 bits per heavy atom. The number of carbonyl (C=O) groups excluding carboxylic acids is 1. The van der Waals surface area contributed by atoms with E-state index in [4.69, 9.17) is 9.47 Å². The predicted molar refractivity (Wildman–Crippen MR) is 99.4 cm³/mol. The number of ketones is 1. The molecule has 0 amide bonds. The van der Waals surface area contributed by atoms with Crippen LogP contribution < -0.4 is 15.0 Å². The molecule has 2 aromatic carbocycles. The van der Waals surface area contributed by atoms with Gasteiger partial charge in [0.15, 0.2) is 28.9 Å². The third kappa shape index (κ3) is 2.42. The fraction of sp³-hybridized carbons (Fsp3) is 0.238.